The number of amides is 6. The van der Waals surface area contributed by atoms with Crippen molar-refractivity contribution in [2.75, 3.05) is 0 Å². The van der Waals surface area contributed by atoms with Crippen molar-refractivity contribution in [2.45, 2.75) is 227 Å². The van der Waals surface area contributed by atoms with Crippen LogP contribution in [0.4, 0.5) is 14.4 Å². The molecule has 0 saturated heterocycles. The minimum Gasteiger partial charge on any atom is -0.350 e. The summed E-state index contributed by atoms with van der Waals surface area (Å²) in [6, 6.07) is -1.77. The smallest absolute Gasteiger partial charge is 0.332 e. The number of unbranched alkanes of at least 4 members (excludes halogenated alkanes) is 21. The van der Waals surface area contributed by atoms with E-state index in [0.717, 1.165) is 44.2 Å². The fourth-order valence-corrected chi connectivity index (χ4v) is 5.83. The van der Waals surface area contributed by atoms with Crippen LogP contribution in [0.15, 0.2) is 15.3 Å². The molecule has 0 spiro atoms. The summed E-state index contributed by atoms with van der Waals surface area (Å²) in [5.41, 5.74) is 22.7. The van der Waals surface area contributed by atoms with Gasteiger partial charge in [0.2, 0.25) is 0 Å². The van der Waals surface area contributed by atoms with E-state index in [9.17, 15) is 14.4 Å². The number of hydrazone groups is 3. The first-order valence-corrected chi connectivity index (χ1v) is 21.9. The Morgan fingerprint density at radius 2 is 0.852 bits per heavy atom. The number of nitrogens with two attached hydrogens (primary N) is 3. The van der Waals surface area contributed by atoms with E-state index in [1.54, 1.807) is 6.21 Å². The molecule has 0 aliphatic heterocycles. The molecule has 54 heavy (non-hydrogen) atoms. The quantitative estimate of drug-likeness (QED) is 0.0215. The molecule has 9 N–H and O–H groups in total. The first-order valence-electron chi connectivity index (χ1n) is 21.9. The lowest BCUT2D eigenvalue weighted by Crippen LogP contribution is -2.25. The normalized spacial score (nSPS) is 11.8. The maximum Gasteiger partial charge on any atom is 0.332 e. The predicted octanol–water partition coefficient (Wildman–Crippen LogP) is 11.7. The van der Waals surface area contributed by atoms with Gasteiger partial charge in [-0.15, -0.1) is 0 Å². The molecule has 1 unspecified atom stereocenters. The van der Waals surface area contributed by atoms with Crippen molar-refractivity contribution in [3.63, 3.8) is 0 Å². The summed E-state index contributed by atoms with van der Waals surface area (Å²) in [4.78, 5) is 31.5. The molecule has 0 aliphatic rings. The lowest BCUT2D eigenvalue weighted by molar-refractivity contribution is 0.248. The molecule has 0 rings (SSSR count). The van der Waals surface area contributed by atoms with Crippen molar-refractivity contribution < 1.29 is 14.4 Å². The average Bonchev–Trinajstić information content (AvgIpc) is 3.14. The molecule has 0 heterocycles. The predicted molar refractivity (Wildman–Crippen MR) is 233 cm³/mol. The summed E-state index contributed by atoms with van der Waals surface area (Å²) in [6.07, 6.45) is 40.9. The number of rotatable bonds is 34. The van der Waals surface area contributed by atoms with Crippen LogP contribution in [0.2, 0.25) is 0 Å². The van der Waals surface area contributed by atoms with Gasteiger partial charge in [-0.2, -0.15) is 15.3 Å². The van der Waals surface area contributed by atoms with E-state index in [1.807, 2.05) is 6.21 Å². The molecule has 0 radical (unpaired) electrons. The van der Waals surface area contributed by atoms with Gasteiger partial charge in [0, 0.05) is 18.1 Å². The molecular formula is C42H87N9O3. The molecule has 0 aromatic heterocycles. The largest absolute Gasteiger partial charge is 0.350 e. The summed E-state index contributed by atoms with van der Waals surface area (Å²) < 4.78 is 0. The van der Waals surface area contributed by atoms with Crippen molar-refractivity contribution in [1.82, 2.24) is 16.3 Å². The van der Waals surface area contributed by atoms with Crippen molar-refractivity contribution in [3.8, 4) is 0 Å². The lowest BCUT2D eigenvalue weighted by atomic mass is 9.95. The Labute approximate surface area is 331 Å². The second kappa shape index (κ2) is 47.8. The van der Waals surface area contributed by atoms with Gasteiger partial charge in [0.1, 0.15) is 0 Å². The molecule has 0 aliphatic carbocycles. The Morgan fingerprint density at radius 3 is 1.30 bits per heavy atom. The standard InChI is InChI=1S/C17H35N3O.C14H29N3O.C11H23N3O/c1-3-5-7-9-10-12-14-16(13-11-8-6-4-2)15-19-20-17(18)21;1-3-5-6-7-8-9-10-12-13(11-4-2)16-17-14(15)18;1-2-3-4-5-6-7-8-9-10-13-14-11(12)15/h15-16H,3-14H2,1-2H3,(H3,18,20,21);3-12H2,1-2H3,(H3,15,17,18);10H,2-9H2,1H3,(H3,12,14,15)/b19-15+;16-13+;13-10+. The van der Waals surface area contributed by atoms with Crippen molar-refractivity contribution in [1.29, 1.82) is 0 Å². The first-order chi connectivity index (χ1) is 26.2. The molecule has 0 bridgehead atoms. The van der Waals surface area contributed by atoms with Crippen LogP contribution >= 0.6 is 0 Å². The molecule has 318 valence electrons. The highest BCUT2D eigenvalue weighted by atomic mass is 16.2. The van der Waals surface area contributed by atoms with E-state index in [-0.39, 0.29) is 0 Å². The number of carbonyl (C=O) groups excluding carboxylic acids is 3. The number of nitrogens with one attached hydrogen (secondary N) is 3. The fraction of sp³-hybridized carbons (Fsp3) is 0.857. The third-order valence-electron chi connectivity index (χ3n) is 8.95. The number of hydrogen-bond acceptors (Lipinski definition) is 6. The van der Waals surface area contributed by atoms with Gasteiger partial charge in [0.15, 0.2) is 0 Å². The zero-order valence-electron chi connectivity index (χ0n) is 35.7. The molecular weight excluding hydrogens is 679 g/mol. The van der Waals surface area contributed by atoms with Crippen LogP contribution in [-0.2, 0) is 0 Å². The number of urea groups is 3. The van der Waals surface area contributed by atoms with Gasteiger partial charge in [0.05, 0.1) is 0 Å². The van der Waals surface area contributed by atoms with E-state index >= 15 is 0 Å². The Balaban J connectivity index is -0.000000733. The second-order valence-electron chi connectivity index (χ2n) is 14.4. The average molecular weight is 766 g/mol. The van der Waals surface area contributed by atoms with Crippen LogP contribution in [-0.4, -0.2) is 36.2 Å². The highest BCUT2D eigenvalue weighted by Crippen LogP contribution is 2.17. The number of carbonyl (C=O) groups is 3. The highest BCUT2D eigenvalue weighted by molar-refractivity contribution is 5.85. The van der Waals surface area contributed by atoms with Crippen LogP contribution in [0.3, 0.4) is 0 Å². The molecule has 12 nitrogen and oxygen atoms in total. The van der Waals surface area contributed by atoms with E-state index < -0.39 is 18.1 Å². The van der Waals surface area contributed by atoms with Gasteiger partial charge in [-0.25, -0.2) is 30.7 Å². The SMILES string of the molecule is CCCCCCCCC(/C=N/NC(N)=O)CCCCCC.CCCCCCCCC/C(CCC)=N/NC(N)=O.CCCCCCCCC/C=N/NC(N)=O. The zero-order chi connectivity index (χ0) is 40.8. The number of nitrogens with zero attached hydrogens (tertiary/aromatic N) is 3. The summed E-state index contributed by atoms with van der Waals surface area (Å²) in [6.45, 7) is 11.0. The summed E-state index contributed by atoms with van der Waals surface area (Å²) >= 11 is 0. The Kier molecular flexibility index (Phi) is 48.9. The van der Waals surface area contributed by atoms with Crippen molar-refractivity contribution in [2.24, 2.45) is 38.4 Å². The summed E-state index contributed by atoms with van der Waals surface area (Å²) in [5, 5.41) is 11.7. The van der Waals surface area contributed by atoms with Crippen LogP contribution in [0, 0.1) is 5.92 Å². The lowest BCUT2D eigenvalue weighted by Gasteiger charge is -2.12. The Bertz CT molecular complexity index is 913. The van der Waals surface area contributed by atoms with Gasteiger partial charge in [0.25, 0.3) is 0 Å². The van der Waals surface area contributed by atoms with Crippen LogP contribution in [0.25, 0.3) is 0 Å². The van der Waals surface area contributed by atoms with Gasteiger partial charge >= 0.3 is 18.1 Å². The summed E-state index contributed by atoms with van der Waals surface area (Å²) in [7, 11) is 0. The van der Waals surface area contributed by atoms with Crippen LogP contribution in [0.1, 0.15) is 227 Å². The second-order valence-corrected chi connectivity index (χ2v) is 14.4. The summed E-state index contributed by atoms with van der Waals surface area (Å²) in [5.74, 6) is 0.472. The monoisotopic (exact) mass is 766 g/mol. The Morgan fingerprint density at radius 1 is 0.463 bits per heavy atom. The molecule has 0 saturated carbocycles. The van der Waals surface area contributed by atoms with E-state index in [0.29, 0.717) is 5.92 Å². The first kappa shape index (κ1) is 55.2. The van der Waals surface area contributed by atoms with Gasteiger partial charge < -0.3 is 17.2 Å². The topological polar surface area (TPSA) is 202 Å². The minimum atomic E-state index is -0.606. The molecule has 0 aromatic carbocycles. The maximum atomic E-state index is 10.6. The number of hydrogen-bond donors (Lipinski definition) is 6. The highest BCUT2D eigenvalue weighted by Gasteiger charge is 2.06. The van der Waals surface area contributed by atoms with E-state index in [4.69, 9.17) is 17.2 Å². The van der Waals surface area contributed by atoms with E-state index in [2.05, 4.69) is 66.2 Å². The molecule has 6 amide bonds. The third-order valence-corrected chi connectivity index (χ3v) is 8.95. The Hall–Kier alpha value is -3.18. The van der Waals surface area contributed by atoms with Gasteiger partial charge in [-0.1, -0.05) is 182 Å². The zero-order valence-corrected chi connectivity index (χ0v) is 35.7. The molecule has 1 atom stereocenters. The van der Waals surface area contributed by atoms with Crippen molar-refractivity contribution >= 4 is 36.2 Å². The van der Waals surface area contributed by atoms with Crippen LogP contribution in [0.5, 0.6) is 0 Å². The molecule has 12 heteroatoms. The number of primary amides is 3. The minimum absolute atomic E-state index is 0.472. The third kappa shape index (κ3) is 53.2. The fourth-order valence-electron chi connectivity index (χ4n) is 5.83. The molecule has 0 fully saturated rings. The van der Waals surface area contributed by atoms with Gasteiger partial charge in [-0.05, 0) is 50.9 Å². The van der Waals surface area contributed by atoms with Crippen molar-refractivity contribution in [3.05, 3.63) is 0 Å². The van der Waals surface area contributed by atoms with E-state index in [1.165, 1.54) is 154 Å². The molecule has 0 aromatic rings. The van der Waals surface area contributed by atoms with Crippen LogP contribution < -0.4 is 33.5 Å². The van der Waals surface area contributed by atoms with Gasteiger partial charge in [-0.3, -0.25) is 0 Å². The maximum absolute atomic E-state index is 10.6.